The summed E-state index contributed by atoms with van der Waals surface area (Å²) in [6, 6.07) is 9.82. The maximum absolute atomic E-state index is 11.7. The third-order valence-corrected chi connectivity index (χ3v) is 3.78. The van der Waals surface area contributed by atoms with E-state index in [1.165, 1.54) is 18.3 Å². The lowest BCUT2D eigenvalue weighted by atomic mass is 10.1. The van der Waals surface area contributed by atoms with E-state index in [9.17, 15) is 9.59 Å². The third-order valence-electron chi connectivity index (χ3n) is 3.78. The van der Waals surface area contributed by atoms with E-state index < -0.39 is 11.5 Å². The molecule has 2 aromatic heterocycles. The Labute approximate surface area is 149 Å². The highest BCUT2D eigenvalue weighted by molar-refractivity contribution is 5.91. The van der Waals surface area contributed by atoms with Gasteiger partial charge in [0.05, 0.1) is 0 Å². The predicted octanol–water partition coefficient (Wildman–Crippen LogP) is 3.59. The lowest BCUT2D eigenvalue weighted by Gasteiger charge is -2.12. The number of carbonyl (C=O) groups is 1. The van der Waals surface area contributed by atoms with Crippen LogP contribution in [0.1, 0.15) is 29.9 Å². The van der Waals surface area contributed by atoms with Crippen molar-refractivity contribution in [3.8, 4) is 11.5 Å². The van der Waals surface area contributed by atoms with Crippen LogP contribution in [0.4, 0.5) is 0 Å². The number of carbonyl (C=O) groups excluding carboxylic acids is 1. The van der Waals surface area contributed by atoms with Crippen LogP contribution in [-0.4, -0.2) is 10.9 Å². The number of nitrogens with zero attached hydrogens (tertiary/aromatic N) is 1. The molecule has 0 unspecified atom stereocenters. The van der Waals surface area contributed by atoms with E-state index >= 15 is 0 Å². The highest BCUT2D eigenvalue weighted by Gasteiger charge is 2.13. The van der Waals surface area contributed by atoms with Crippen LogP contribution in [0.25, 0.3) is 11.0 Å². The van der Waals surface area contributed by atoms with E-state index in [1.54, 1.807) is 18.2 Å². The van der Waals surface area contributed by atoms with Crippen LogP contribution in [0.15, 0.2) is 63.5 Å². The average Bonchev–Trinajstić information content (AvgIpc) is 2.60. The first-order valence-corrected chi connectivity index (χ1v) is 8.07. The lowest BCUT2D eigenvalue weighted by molar-refractivity contribution is 0.0995. The Morgan fingerprint density at radius 3 is 2.73 bits per heavy atom. The second-order valence-electron chi connectivity index (χ2n) is 6.04. The number of amides is 1. The molecule has 26 heavy (non-hydrogen) atoms. The number of allylic oxidation sites excluding steroid dienone is 2. The average molecular weight is 350 g/mol. The molecule has 2 heterocycles. The van der Waals surface area contributed by atoms with Crippen molar-refractivity contribution in [1.82, 2.24) is 4.98 Å². The van der Waals surface area contributed by atoms with Crippen LogP contribution in [0, 0.1) is 0 Å². The molecular formula is C20H18N2O4. The van der Waals surface area contributed by atoms with Crippen molar-refractivity contribution < 1.29 is 13.9 Å². The Morgan fingerprint density at radius 1 is 1.23 bits per heavy atom. The number of aromatic nitrogens is 1. The van der Waals surface area contributed by atoms with E-state index in [-0.39, 0.29) is 5.69 Å². The number of pyridine rings is 1. The molecule has 0 bridgehead atoms. The molecule has 0 aliphatic carbocycles. The molecular weight excluding hydrogens is 332 g/mol. The maximum atomic E-state index is 11.7. The summed E-state index contributed by atoms with van der Waals surface area (Å²) in [5.74, 6) is 0.320. The number of rotatable bonds is 5. The topological polar surface area (TPSA) is 95.4 Å². The fraction of sp³-hybridized carbons (Fsp3) is 0.150. The number of nitrogens with two attached hydrogens (primary N) is 1. The molecule has 0 saturated heterocycles. The van der Waals surface area contributed by atoms with Crippen LogP contribution in [0.2, 0.25) is 0 Å². The number of ether oxygens (including phenoxy) is 1. The molecule has 1 amide bonds. The molecule has 0 aliphatic heterocycles. The van der Waals surface area contributed by atoms with Crippen molar-refractivity contribution in [2.75, 3.05) is 0 Å². The number of hydrogen-bond acceptors (Lipinski definition) is 5. The lowest BCUT2D eigenvalue weighted by Crippen LogP contribution is -2.12. The Bertz CT molecular complexity index is 1060. The summed E-state index contributed by atoms with van der Waals surface area (Å²) in [4.78, 5) is 26.9. The van der Waals surface area contributed by atoms with Crippen molar-refractivity contribution in [2.24, 2.45) is 5.73 Å². The normalized spacial score (nSPS) is 10.5. The minimum atomic E-state index is -0.635. The fourth-order valence-electron chi connectivity index (χ4n) is 2.50. The molecule has 1 aromatic carbocycles. The van der Waals surface area contributed by atoms with E-state index in [0.717, 1.165) is 16.5 Å². The summed E-state index contributed by atoms with van der Waals surface area (Å²) in [6.07, 6.45) is 4.01. The maximum Gasteiger partial charge on any atom is 0.336 e. The largest absolute Gasteiger partial charge is 0.457 e. The van der Waals surface area contributed by atoms with E-state index in [1.807, 2.05) is 26.0 Å². The Hall–Kier alpha value is -3.41. The third kappa shape index (κ3) is 3.80. The Morgan fingerprint density at radius 2 is 2.00 bits per heavy atom. The van der Waals surface area contributed by atoms with Gasteiger partial charge in [-0.1, -0.05) is 11.6 Å². The molecule has 6 heteroatoms. The van der Waals surface area contributed by atoms with Crippen molar-refractivity contribution in [3.05, 3.63) is 75.9 Å². The predicted molar refractivity (Wildman–Crippen MR) is 98.4 cm³/mol. The summed E-state index contributed by atoms with van der Waals surface area (Å²) in [7, 11) is 0. The van der Waals surface area contributed by atoms with Gasteiger partial charge in [-0.25, -0.2) is 4.79 Å². The molecule has 0 saturated carbocycles. The van der Waals surface area contributed by atoms with Crippen molar-refractivity contribution in [3.63, 3.8) is 0 Å². The van der Waals surface area contributed by atoms with Crippen LogP contribution < -0.4 is 16.1 Å². The number of benzene rings is 1. The molecule has 0 spiro atoms. The van der Waals surface area contributed by atoms with Gasteiger partial charge < -0.3 is 14.9 Å². The fourth-order valence-corrected chi connectivity index (χ4v) is 2.50. The van der Waals surface area contributed by atoms with Crippen molar-refractivity contribution >= 4 is 16.9 Å². The highest BCUT2D eigenvalue weighted by atomic mass is 16.5. The van der Waals surface area contributed by atoms with E-state index in [0.29, 0.717) is 23.5 Å². The van der Waals surface area contributed by atoms with Gasteiger partial charge in [0.2, 0.25) is 0 Å². The van der Waals surface area contributed by atoms with Gasteiger partial charge in [0, 0.05) is 29.3 Å². The molecule has 6 nitrogen and oxygen atoms in total. The summed E-state index contributed by atoms with van der Waals surface area (Å²) in [6.45, 7) is 3.98. The zero-order valence-corrected chi connectivity index (χ0v) is 14.5. The summed E-state index contributed by atoms with van der Waals surface area (Å²) in [5.41, 5.74) is 7.31. The molecule has 0 atom stereocenters. The standard InChI is InChI=1S/C20H18N2O4/c1-12(2)3-6-15-17(7-4-13-5-8-18(23)26-19(13)15)25-14-9-10-22-16(11-14)20(21)24/h3-5,7-11H,6H2,1-2H3,(H2,21,24). The first kappa shape index (κ1) is 17.4. The van der Waals surface area contributed by atoms with E-state index in [4.69, 9.17) is 14.9 Å². The first-order chi connectivity index (χ1) is 12.4. The number of hydrogen-bond donors (Lipinski definition) is 1. The molecule has 0 fully saturated rings. The summed E-state index contributed by atoms with van der Waals surface area (Å²) < 4.78 is 11.4. The zero-order valence-electron chi connectivity index (χ0n) is 14.5. The van der Waals surface area contributed by atoms with Gasteiger partial charge in [-0.2, -0.15) is 0 Å². The molecule has 132 valence electrons. The quantitative estimate of drug-likeness (QED) is 0.560. The van der Waals surface area contributed by atoms with Crippen LogP contribution in [0.3, 0.4) is 0 Å². The van der Waals surface area contributed by atoms with Crippen molar-refractivity contribution in [1.29, 1.82) is 0 Å². The monoisotopic (exact) mass is 350 g/mol. The molecule has 2 N–H and O–H groups in total. The Balaban J connectivity index is 2.11. The molecule has 3 rings (SSSR count). The van der Waals surface area contributed by atoms with Gasteiger partial charge >= 0.3 is 5.63 Å². The zero-order chi connectivity index (χ0) is 18.7. The molecule has 0 radical (unpaired) electrons. The van der Waals surface area contributed by atoms with Gasteiger partial charge in [-0.15, -0.1) is 0 Å². The molecule has 0 aliphatic rings. The first-order valence-electron chi connectivity index (χ1n) is 8.07. The number of primary amides is 1. The van der Waals surface area contributed by atoms with Gasteiger partial charge in [-0.05, 0) is 44.5 Å². The Kier molecular flexibility index (Phi) is 4.84. The highest BCUT2D eigenvalue weighted by Crippen LogP contribution is 2.32. The van der Waals surface area contributed by atoms with Crippen LogP contribution >= 0.6 is 0 Å². The minimum absolute atomic E-state index is 0.112. The smallest absolute Gasteiger partial charge is 0.336 e. The SMILES string of the molecule is CC(C)=CCc1c(Oc2ccnc(C(N)=O)c2)ccc2ccc(=O)oc12. The minimum Gasteiger partial charge on any atom is -0.457 e. The van der Waals surface area contributed by atoms with Gasteiger partial charge in [0.15, 0.2) is 0 Å². The number of fused-ring (bicyclic) bond motifs is 1. The summed E-state index contributed by atoms with van der Waals surface area (Å²) >= 11 is 0. The van der Waals surface area contributed by atoms with Gasteiger partial charge in [0.1, 0.15) is 22.8 Å². The second-order valence-corrected chi connectivity index (χ2v) is 6.04. The van der Waals surface area contributed by atoms with E-state index in [2.05, 4.69) is 4.98 Å². The second kappa shape index (κ2) is 7.23. The van der Waals surface area contributed by atoms with Gasteiger partial charge in [0.25, 0.3) is 5.91 Å². The van der Waals surface area contributed by atoms with Gasteiger partial charge in [-0.3, -0.25) is 9.78 Å². The van der Waals surface area contributed by atoms with Crippen molar-refractivity contribution in [2.45, 2.75) is 20.3 Å². The summed E-state index contributed by atoms with van der Waals surface area (Å²) in [5, 5.41) is 0.807. The van der Waals surface area contributed by atoms with Crippen LogP contribution in [0.5, 0.6) is 11.5 Å². The van der Waals surface area contributed by atoms with Crippen LogP contribution in [-0.2, 0) is 6.42 Å². The molecule has 3 aromatic rings.